The van der Waals surface area contributed by atoms with Gasteiger partial charge in [-0.05, 0) is 0 Å². The van der Waals surface area contributed by atoms with E-state index in [0.717, 1.165) is 6.42 Å². The molecule has 0 atom stereocenters. The molecule has 1 heteroatoms. The van der Waals surface area contributed by atoms with Gasteiger partial charge in [0.25, 0.3) is 0 Å². The molecular weight excluding hydrogens is 207 g/mol. The molecule has 0 heterocycles. The van der Waals surface area contributed by atoms with Crippen molar-refractivity contribution in [1.82, 2.24) is 0 Å². The Kier molecular flexibility index (Phi) is 3.80. The molecule has 1 aromatic carbocycles. The van der Waals surface area contributed by atoms with E-state index in [-0.39, 0.29) is 18.6 Å². The fourth-order valence-corrected chi connectivity index (χ4v) is 1.45. The van der Waals surface area contributed by atoms with E-state index in [0.29, 0.717) is 0 Å². The predicted molar refractivity (Wildman–Crippen MR) is 55.0 cm³/mol. The van der Waals surface area contributed by atoms with Gasteiger partial charge in [0.1, 0.15) is 0 Å². The second kappa shape index (κ2) is 4.68. The van der Waals surface area contributed by atoms with E-state index < -0.39 is 0 Å². The third-order valence-electron chi connectivity index (χ3n) is 2.24. The molecule has 0 N–H and O–H groups in total. The number of benzene rings is 1. The summed E-state index contributed by atoms with van der Waals surface area (Å²) in [7, 11) is 0. The van der Waals surface area contributed by atoms with E-state index in [1.54, 1.807) is 0 Å². The molecule has 69 valence electrons. The minimum absolute atomic E-state index is 0. The van der Waals surface area contributed by atoms with E-state index >= 15 is 0 Å². The number of hydrogen-bond donors (Lipinski definition) is 0. The molecule has 0 unspecified atom stereocenters. The van der Waals surface area contributed by atoms with Crippen LogP contribution in [-0.4, -0.2) is 0 Å². The Morgan fingerprint density at radius 2 is 2.00 bits per heavy atom. The van der Waals surface area contributed by atoms with E-state index in [2.05, 4.69) is 44.2 Å². The van der Waals surface area contributed by atoms with Gasteiger partial charge in [0, 0.05) is 0 Å². The van der Waals surface area contributed by atoms with Gasteiger partial charge in [0.2, 0.25) is 0 Å². The zero-order chi connectivity index (χ0) is 9.26. The zero-order valence-electron chi connectivity index (χ0n) is 8.46. The van der Waals surface area contributed by atoms with Crippen molar-refractivity contribution in [3.63, 3.8) is 0 Å². The van der Waals surface area contributed by atoms with Crippen LogP contribution in [0.25, 0.3) is 5.57 Å². The van der Waals surface area contributed by atoms with Crippen molar-refractivity contribution in [2.45, 2.75) is 20.3 Å². The first-order valence-corrected chi connectivity index (χ1v) is 4.52. The minimum Gasteiger partial charge on any atom is -0.248 e. The van der Waals surface area contributed by atoms with E-state index in [9.17, 15) is 0 Å². The minimum atomic E-state index is 0. The van der Waals surface area contributed by atoms with Crippen molar-refractivity contribution in [1.29, 1.82) is 0 Å². The molecule has 2 rings (SSSR count). The normalized spacial score (nSPS) is 14.4. The first-order valence-electron chi connectivity index (χ1n) is 4.52. The summed E-state index contributed by atoms with van der Waals surface area (Å²) < 4.78 is 0. The van der Waals surface area contributed by atoms with Gasteiger partial charge in [0.05, 0.1) is 0 Å². The number of aryl methyl sites for hydroxylation is 1. The molecule has 0 bridgehead atoms. The molecule has 1 aromatic rings. The fraction of sp³-hybridized carbons (Fsp3) is 0.231. The van der Waals surface area contributed by atoms with Crippen LogP contribution in [0, 0.1) is 19.1 Å². The summed E-state index contributed by atoms with van der Waals surface area (Å²) in [5, 5.41) is 0. The van der Waals surface area contributed by atoms with E-state index in [1.807, 2.05) is 6.07 Å². The van der Waals surface area contributed by atoms with Crippen LogP contribution < -0.4 is 0 Å². The Bertz CT molecular complexity index is 369. The van der Waals surface area contributed by atoms with E-state index in [4.69, 9.17) is 0 Å². The van der Waals surface area contributed by atoms with Crippen molar-refractivity contribution in [2.24, 2.45) is 0 Å². The summed E-state index contributed by atoms with van der Waals surface area (Å²) in [5.41, 5.74) is 5.08. The molecule has 1 aliphatic rings. The van der Waals surface area contributed by atoms with Crippen LogP contribution >= 0.6 is 0 Å². The molecule has 0 aliphatic heterocycles. The molecule has 0 spiro atoms. The number of rotatable bonds is 1. The third kappa shape index (κ3) is 2.40. The van der Waals surface area contributed by atoms with E-state index in [1.165, 1.54) is 22.3 Å². The first kappa shape index (κ1) is 11.4. The Morgan fingerprint density at radius 1 is 1.21 bits per heavy atom. The van der Waals surface area contributed by atoms with Gasteiger partial charge in [-0.15, -0.1) is 12.0 Å². The van der Waals surface area contributed by atoms with Crippen LogP contribution in [0.15, 0.2) is 29.8 Å². The van der Waals surface area contributed by atoms with Crippen LogP contribution in [0.4, 0.5) is 0 Å². The Hall–Kier alpha value is -0.716. The Balaban J connectivity index is 0.000000980. The van der Waals surface area contributed by atoms with Crippen LogP contribution in [0.5, 0.6) is 0 Å². The summed E-state index contributed by atoms with van der Waals surface area (Å²) in [6.07, 6.45) is 6.35. The summed E-state index contributed by atoms with van der Waals surface area (Å²) in [6, 6.07) is 9.53. The molecule has 14 heavy (non-hydrogen) atoms. The summed E-state index contributed by atoms with van der Waals surface area (Å²) in [5.74, 6) is 0. The average Bonchev–Trinajstić information content (AvgIpc) is 2.53. The van der Waals surface area contributed by atoms with Crippen molar-refractivity contribution in [3.05, 3.63) is 53.1 Å². The topological polar surface area (TPSA) is 0 Å². The molecule has 0 aromatic heterocycles. The number of allylic oxidation sites excluding steroid dienone is 4. The molecule has 0 saturated heterocycles. The molecule has 0 nitrogen and oxygen atoms in total. The summed E-state index contributed by atoms with van der Waals surface area (Å²) in [6.45, 7) is 4.21. The van der Waals surface area contributed by atoms with Crippen molar-refractivity contribution in [3.8, 4) is 0 Å². The predicted octanol–water partition coefficient (Wildman–Crippen LogP) is 3.33. The maximum atomic E-state index is 3.27. The maximum absolute atomic E-state index is 3.27. The zero-order valence-corrected chi connectivity index (χ0v) is 9.86. The SMILES string of the molecule is CC1=C[C-]=C(c2[c-]cc(C)cc2)C1.[V+2]. The second-order valence-electron chi connectivity index (χ2n) is 3.57. The Labute approximate surface area is 97.6 Å². The molecule has 1 aliphatic carbocycles. The van der Waals surface area contributed by atoms with Crippen molar-refractivity contribution < 1.29 is 18.6 Å². The summed E-state index contributed by atoms with van der Waals surface area (Å²) in [4.78, 5) is 0. The van der Waals surface area contributed by atoms with Gasteiger partial charge in [-0.25, -0.2) is 23.3 Å². The van der Waals surface area contributed by atoms with Crippen LogP contribution in [0.2, 0.25) is 0 Å². The maximum Gasteiger partial charge on any atom is 2.00 e. The third-order valence-corrected chi connectivity index (χ3v) is 2.24. The molecule has 0 amide bonds. The van der Waals surface area contributed by atoms with Gasteiger partial charge >= 0.3 is 18.6 Å². The van der Waals surface area contributed by atoms with Crippen LogP contribution in [0.3, 0.4) is 0 Å². The van der Waals surface area contributed by atoms with Crippen molar-refractivity contribution in [2.75, 3.05) is 0 Å². The van der Waals surface area contributed by atoms with Crippen LogP contribution in [-0.2, 0) is 18.6 Å². The average molecular weight is 219 g/mol. The van der Waals surface area contributed by atoms with Crippen LogP contribution in [0.1, 0.15) is 24.5 Å². The van der Waals surface area contributed by atoms with Gasteiger partial charge in [-0.3, -0.25) is 0 Å². The quantitative estimate of drug-likeness (QED) is 0.635. The molecule has 0 saturated carbocycles. The fourth-order valence-electron chi connectivity index (χ4n) is 1.45. The van der Waals surface area contributed by atoms with Crippen molar-refractivity contribution >= 4 is 5.57 Å². The molecule has 1 radical (unpaired) electrons. The molecule has 0 fully saturated rings. The summed E-state index contributed by atoms with van der Waals surface area (Å²) >= 11 is 0. The number of hydrogen-bond acceptors (Lipinski definition) is 0. The van der Waals surface area contributed by atoms with Gasteiger partial charge in [-0.2, -0.15) is 29.8 Å². The molecular formula is C13H12V. The van der Waals surface area contributed by atoms with Gasteiger partial charge in [-0.1, -0.05) is 13.8 Å². The Morgan fingerprint density at radius 3 is 2.50 bits per heavy atom. The first-order chi connectivity index (χ1) is 6.25. The largest absolute Gasteiger partial charge is 2.00 e. The standard InChI is InChI=1S/C13H12.V/c1-10-3-6-12(7-4-10)13-8-5-11(2)9-13;/h3-6H,9H2,1-2H3;/q-2;+2. The van der Waals surface area contributed by atoms with Gasteiger partial charge < -0.3 is 0 Å². The smallest absolute Gasteiger partial charge is 0.248 e. The second-order valence-corrected chi connectivity index (χ2v) is 3.57. The monoisotopic (exact) mass is 219 g/mol. The van der Waals surface area contributed by atoms with Gasteiger partial charge in [0.15, 0.2) is 0 Å².